The lowest BCUT2D eigenvalue weighted by atomic mass is 10.3. The van der Waals surface area contributed by atoms with Gasteiger partial charge in [0, 0.05) is 12.2 Å². The lowest BCUT2D eigenvalue weighted by molar-refractivity contribution is 0.381. The van der Waals surface area contributed by atoms with Crippen LogP contribution in [0.3, 0.4) is 0 Å². The summed E-state index contributed by atoms with van der Waals surface area (Å²) in [6.45, 7) is 2.89. The Kier molecular flexibility index (Phi) is 6.12. The van der Waals surface area contributed by atoms with Crippen LogP contribution >= 0.6 is 11.6 Å². The highest BCUT2D eigenvalue weighted by Gasteiger charge is 1.96. The lowest BCUT2D eigenvalue weighted by Gasteiger charge is -2.05. The van der Waals surface area contributed by atoms with E-state index in [-0.39, 0.29) is 0 Å². The molecule has 5 N–H and O–H groups in total. The van der Waals surface area contributed by atoms with E-state index in [0.717, 1.165) is 12.2 Å². The topological polar surface area (TPSA) is 113 Å². The van der Waals surface area contributed by atoms with Crippen LogP contribution < -0.4 is 11.1 Å². The molecule has 16 heavy (non-hydrogen) atoms. The average Bonchev–Trinajstić information content (AvgIpc) is 2.07. The molecule has 1 rings (SSSR count). The van der Waals surface area contributed by atoms with Crippen LogP contribution in [0.15, 0.2) is 18.2 Å². The molecule has 0 heterocycles. The van der Waals surface area contributed by atoms with Crippen LogP contribution in [0.2, 0.25) is 5.02 Å². The second-order valence-corrected chi connectivity index (χ2v) is 4.02. The third kappa shape index (κ3) is 8.30. The normalized spacial score (nSPS) is 10.2. The molecule has 0 amide bonds. The highest BCUT2D eigenvalue weighted by atomic mass is 35.5. The quantitative estimate of drug-likeness (QED) is 0.480. The van der Waals surface area contributed by atoms with E-state index in [4.69, 9.17) is 34.9 Å². The molecule has 0 spiro atoms. The van der Waals surface area contributed by atoms with Crippen LogP contribution in [0.25, 0.3) is 0 Å². The zero-order valence-electron chi connectivity index (χ0n) is 8.51. The second-order valence-electron chi connectivity index (χ2n) is 2.72. The molecular formula is C8H13ClN2O4S. The van der Waals surface area contributed by atoms with Crippen molar-refractivity contribution in [2.75, 3.05) is 17.6 Å². The molecule has 0 bridgehead atoms. The highest BCUT2D eigenvalue weighted by Crippen LogP contribution is 2.23. The van der Waals surface area contributed by atoms with Crippen molar-refractivity contribution in [1.82, 2.24) is 0 Å². The van der Waals surface area contributed by atoms with Crippen molar-refractivity contribution in [1.29, 1.82) is 0 Å². The van der Waals surface area contributed by atoms with Gasteiger partial charge in [0.15, 0.2) is 0 Å². The molecule has 0 aliphatic carbocycles. The summed E-state index contributed by atoms with van der Waals surface area (Å²) >= 11 is 5.87. The Morgan fingerprint density at radius 2 is 1.94 bits per heavy atom. The first-order chi connectivity index (χ1) is 7.24. The fourth-order valence-corrected chi connectivity index (χ4v) is 1.12. The monoisotopic (exact) mass is 268 g/mol. The van der Waals surface area contributed by atoms with Gasteiger partial charge in [-0.1, -0.05) is 11.6 Å². The number of hydrogen-bond donors (Lipinski definition) is 4. The number of nitrogens with two attached hydrogens (primary N) is 1. The van der Waals surface area contributed by atoms with Gasteiger partial charge < -0.3 is 11.1 Å². The van der Waals surface area contributed by atoms with E-state index in [0.29, 0.717) is 10.7 Å². The molecule has 1 aromatic carbocycles. The first kappa shape index (κ1) is 15.0. The van der Waals surface area contributed by atoms with E-state index >= 15 is 0 Å². The third-order valence-electron chi connectivity index (χ3n) is 1.36. The number of rotatable bonds is 2. The first-order valence-corrected chi connectivity index (χ1v) is 6.00. The maximum atomic E-state index is 8.74. The molecule has 0 unspecified atom stereocenters. The van der Waals surface area contributed by atoms with Crippen LogP contribution in [0.5, 0.6) is 0 Å². The molecule has 92 valence electrons. The highest BCUT2D eigenvalue weighted by molar-refractivity contribution is 7.79. The summed E-state index contributed by atoms with van der Waals surface area (Å²) in [4.78, 5) is 0. The van der Waals surface area contributed by atoms with Crippen molar-refractivity contribution >= 4 is 33.4 Å². The Balaban J connectivity index is 0.000000385. The molecule has 0 saturated heterocycles. The van der Waals surface area contributed by atoms with E-state index in [1.165, 1.54) is 0 Å². The van der Waals surface area contributed by atoms with Crippen molar-refractivity contribution in [2.24, 2.45) is 0 Å². The van der Waals surface area contributed by atoms with Crippen LogP contribution in [-0.2, 0) is 10.4 Å². The summed E-state index contributed by atoms with van der Waals surface area (Å²) in [5.74, 6) is 0. The standard InChI is InChI=1S/C8H11ClN2.H2O4S/c1-2-11-8-4-3-6(10)5-7(8)9;1-5(2,3)4/h3-5,11H,2,10H2,1H3;(H2,1,2,3,4). The van der Waals surface area contributed by atoms with Crippen LogP contribution in [0, 0.1) is 0 Å². The van der Waals surface area contributed by atoms with Crippen LogP contribution in [0.1, 0.15) is 6.92 Å². The van der Waals surface area contributed by atoms with Gasteiger partial charge in [-0.05, 0) is 25.1 Å². The summed E-state index contributed by atoms with van der Waals surface area (Å²) in [5.41, 5.74) is 7.14. The Morgan fingerprint density at radius 1 is 1.44 bits per heavy atom. The molecule has 0 aromatic heterocycles. The number of benzene rings is 1. The number of nitrogen functional groups attached to an aromatic ring is 1. The van der Waals surface area contributed by atoms with Gasteiger partial charge in [-0.25, -0.2) is 0 Å². The zero-order valence-corrected chi connectivity index (χ0v) is 10.1. The van der Waals surface area contributed by atoms with E-state index < -0.39 is 10.4 Å². The molecule has 0 saturated carbocycles. The van der Waals surface area contributed by atoms with E-state index in [1.54, 1.807) is 6.07 Å². The molecule has 6 nitrogen and oxygen atoms in total. The number of hydrogen-bond acceptors (Lipinski definition) is 4. The van der Waals surface area contributed by atoms with Gasteiger partial charge >= 0.3 is 10.4 Å². The van der Waals surface area contributed by atoms with Gasteiger partial charge in [-0.15, -0.1) is 0 Å². The van der Waals surface area contributed by atoms with Crippen molar-refractivity contribution < 1.29 is 17.5 Å². The van der Waals surface area contributed by atoms with Crippen LogP contribution in [0.4, 0.5) is 11.4 Å². The molecular weight excluding hydrogens is 256 g/mol. The SMILES string of the molecule is CCNc1ccc(N)cc1Cl.O=S(=O)(O)O. The summed E-state index contributed by atoms with van der Waals surface area (Å²) in [6.07, 6.45) is 0. The predicted molar refractivity (Wildman–Crippen MR) is 64.2 cm³/mol. The zero-order chi connectivity index (χ0) is 12.8. The van der Waals surface area contributed by atoms with E-state index in [2.05, 4.69) is 5.32 Å². The average molecular weight is 269 g/mol. The fraction of sp³-hybridized carbons (Fsp3) is 0.250. The van der Waals surface area contributed by atoms with Crippen molar-refractivity contribution in [2.45, 2.75) is 6.92 Å². The summed E-state index contributed by atoms with van der Waals surface area (Å²) < 4.78 is 31.6. The van der Waals surface area contributed by atoms with Gasteiger partial charge in [0.2, 0.25) is 0 Å². The van der Waals surface area contributed by atoms with Crippen molar-refractivity contribution in [3.8, 4) is 0 Å². The summed E-state index contributed by atoms with van der Waals surface area (Å²) in [6, 6.07) is 5.44. The maximum absolute atomic E-state index is 8.74. The fourth-order valence-electron chi connectivity index (χ4n) is 0.865. The maximum Gasteiger partial charge on any atom is 0.394 e. The predicted octanol–water partition coefficient (Wildman–Crippen LogP) is 1.70. The number of halogens is 1. The minimum Gasteiger partial charge on any atom is -0.399 e. The molecule has 1 aromatic rings. The minimum atomic E-state index is -4.67. The summed E-state index contributed by atoms with van der Waals surface area (Å²) in [7, 11) is -4.67. The Bertz CT molecular complexity index is 428. The molecule has 0 atom stereocenters. The molecule has 8 heteroatoms. The van der Waals surface area contributed by atoms with E-state index in [9.17, 15) is 0 Å². The molecule has 0 fully saturated rings. The molecule has 0 aliphatic heterocycles. The number of anilines is 2. The van der Waals surface area contributed by atoms with Crippen molar-refractivity contribution in [3.05, 3.63) is 23.2 Å². The number of nitrogens with one attached hydrogen (secondary N) is 1. The van der Waals surface area contributed by atoms with Crippen molar-refractivity contribution in [3.63, 3.8) is 0 Å². The third-order valence-corrected chi connectivity index (χ3v) is 1.67. The van der Waals surface area contributed by atoms with Gasteiger partial charge in [-0.2, -0.15) is 8.42 Å². The summed E-state index contributed by atoms with van der Waals surface area (Å²) in [5, 5.41) is 3.79. The van der Waals surface area contributed by atoms with Gasteiger partial charge in [0.1, 0.15) is 0 Å². The minimum absolute atomic E-state index is 0.673. The Morgan fingerprint density at radius 3 is 2.31 bits per heavy atom. The largest absolute Gasteiger partial charge is 0.399 e. The Hall–Kier alpha value is -1.02. The molecule has 0 aliphatic rings. The van der Waals surface area contributed by atoms with Crippen LogP contribution in [-0.4, -0.2) is 24.1 Å². The molecule has 0 radical (unpaired) electrons. The lowest BCUT2D eigenvalue weighted by Crippen LogP contribution is -1.97. The first-order valence-electron chi connectivity index (χ1n) is 4.22. The van der Waals surface area contributed by atoms with Gasteiger partial charge in [0.05, 0.1) is 10.7 Å². The van der Waals surface area contributed by atoms with E-state index in [1.807, 2.05) is 19.1 Å². The smallest absolute Gasteiger partial charge is 0.394 e. The Labute approximate surface area is 99.0 Å². The van der Waals surface area contributed by atoms with Gasteiger partial charge in [0.25, 0.3) is 0 Å². The van der Waals surface area contributed by atoms with Gasteiger partial charge in [-0.3, -0.25) is 9.11 Å². The second kappa shape index (κ2) is 6.54.